The second-order valence-corrected chi connectivity index (χ2v) is 6.03. The van der Waals surface area contributed by atoms with Crippen LogP contribution in [0.4, 0.5) is 0 Å². The fourth-order valence-electron chi connectivity index (χ4n) is 1.56. The lowest BCUT2D eigenvalue weighted by atomic mass is 10.0. The lowest BCUT2D eigenvalue weighted by Gasteiger charge is -2.22. The molecule has 1 aliphatic rings. The minimum absolute atomic E-state index is 0.0243. The third-order valence-electron chi connectivity index (χ3n) is 2.40. The number of quaternary nitrogens is 1. The van der Waals surface area contributed by atoms with Crippen LogP contribution in [-0.2, 0) is 14.6 Å². The molecule has 0 fully saturated rings. The number of rotatable bonds is 4. The summed E-state index contributed by atoms with van der Waals surface area (Å²) in [4.78, 5) is 10.8. The first-order chi connectivity index (χ1) is 6.82. The molecular weight excluding hydrogens is 218 g/mol. The highest BCUT2D eigenvalue weighted by atomic mass is 32.2. The molecule has 1 rings (SSSR count). The van der Waals surface area contributed by atoms with E-state index in [0.29, 0.717) is 0 Å². The van der Waals surface area contributed by atoms with Gasteiger partial charge in [0.05, 0.1) is 5.97 Å². The standard InChI is InChI=1S/C9H15NO4S/c1-6(2)8(9(11)12)10-7-3-4-15(13,14)5-7/h3-4,6-8,10H,5H2,1-2H3,(H,11,12)/t7-,8+/m0/s1. The van der Waals surface area contributed by atoms with Gasteiger partial charge >= 0.3 is 0 Å². The van der Waals surface area contributed by atoms with Crippen molar-refractivity contribution in [2.45, 2.75) is 25.9 Å². The molecule has 2 N–H and O–H groups in total. The van der Waals surface area contributed by atoms with E-state index in [4.69, 9.17) is 0 Å². The largest absolute Gasteiger partial charge is 0.544 e. The fraction of sp³-hybridized carbons (Fsp3) is 0.667. The first-order valence-electron chi connectivity index (χ1n) is 4.78. The fourth-order valence-corrected chi connectivity index (χ4v) is 2.87. The van der Waals surface area contributed by atoms with Crippen LogP contribution in [0.25, 0.3) is 0 Å². The Hall–Kier alpha value is -0.880. The Morgan fingerprint density at radius 2 is 2.13 bits per heavy atom. The van der Waals surface area contributed by atoms with Crippen LogP contribution in [-0.4, -0.2) is 32.2 Å². The molecule has 86 valence electrons. The number of hydrogen-bond donors (Lipinski definition) is 1. The summed E-state index contributed by atoms with van der Waals surface area (Å²) in [6.07, 6.45) is 1.52. The van der Waals surface area contributed by atoms with Gasteiger partial charge in [-0.2, -0.15) is 0 Å². The van der Waals surface area contributed by atoms with Crippen LogP contribution in [0.5, 0.6) is 0 Å². The van der Waals surface area contributed by atoms with Crippen molar-refractivity contribution >= 4 is 15.8 Å². The van der Waals surface area contributed by atoms with Crippen LogP contribution in [0.15, 0.2) is 11.5 Å². The van der Waals surface area contributed by atoms with E-state index < -0.39 is 21.8 Å². The van der Waals surface area contributed by atoms with E-state index in [1.54, 1.807) is 19.2 Å². The van der Waals surface area contributed by atoms with Crippen molar-refractivity contribution < 1.29 is 23.6 Å². The molecule has 0 aliphatic carbocycles. The van der Waals surface area contributed by atoms with Crippen LogP contribution < -0.4 is 10.4 Å². The first kappa shape index (κ1) is 12.2. The number of hydrogen-bond acceptors (Lipinski definition) is 4. The van der Waals surface area contributed by atoms with E-state index >= 15 is 0 Å². The van der Waals surface area contributed by atoms with E-state index in [-0.39, 0.29) is 17.7 Å². The van der Waals surface area contributed by atoms with Gasteiger partial charge in [-0.3, -0.25) is 0 Å². The normalized spacial score (nSPS) is 25.7. The molecule has 5 nitrogen and oxygen atoms in total. The SMILES string of the molecule is CC(C)[C@@H]([NH2+][C@H]1C=CS(=O)(=O)C1)C(=O)[O-]. The molecule has 6 heteroatoms. The summed E-state index contributed by atoms with van der Waals surface area (Å²) >= 11 is 0. The van der Waals surface area contributed by atoms with Crippen LogP contribution in [0.2, 0.25) is 0 Å². The van der Waals surface area contributed by atoms with Crippen molar-refractivity contribution in [1.29, 1.82) is 0 Å². The van der Waals surface area contributed by atoms with Crippen molar-refractivity contribution in [2.75, 3.05) is 5.75 Å². The maximum Gasteiger partial charge on any atom is 0.177 e. The highest BCUT2D eigenvalue weighted by Crippen LogP contribution is 2.05. The lowest BCUT2D eigenvalue weighted by molar-refractivity contribution is -0.707. The van der Waals surface area contributed by atoms with Gasteiger partial charge < -0.3 is 15.2 Å². The monoisotopic (exact) mass is 233 g/mol. The van der Waals surface area contributed by atoms with Crippen molar-refractivity contribution in [2.24, 2.45) is 5.92 Å². The Balaban J connectivity index is 2.63. The number of carboxylic acids is 1. The predicted octanol–water partition coefficient (Wildman–Crippen LogP) is -2.36. The predicted molar refractivity (Wildman–Crippen MR) is 52.3 cm³/mol. The third kappa shape index (κ3) is 3.32. The molecule has 0 aromatic rings. The molecule has 0 bridgehead atoms. The molecule has 0 aromatic heterocycles. The maximum atomic E-state index is 11.1. The molecule has 0 saturated heterocycles. The van der Waals surface area contributed by atoms with Crippen molar-refractivity contribution in [3.8, 4) is 0 Å². The van der Waals surface area contributed by atoms with Gasteiger partial charge in [-0.1, -0.05) is 13.8 Å². The van der Waals surface area contributed by atoms with Crippen LogP contribution >= 0.6 is 0 Å². The van der Waals surface area contributed by atoms with Gasteiger partial charge in [0.15, 0.2) is 9.84 Å². The Morgan fingerprint density at radius 1 is 1.53 bits per heavy atom. The average molecular weight is 233 g/mol. The summed E-state index contributed by atoms with van der Waals surface area (Å²) in [6.45, 7) is 3.54. The summed E-state index contributed by atoms with van der Waals surface area (Å²) < 4.78 is 22.2. The molecular formula is C9H15NO4S. The molecule has 0 radical (unpaired) electrons. The number of sulfone groups is 1. The minimum Gasteiger partial charge on any atom is -0.544 e. The molecule has 15 heavy (non-hydrogen) atoms. The molecule has 1 aliphatic heterocycles. The van der Waals surface area contributed by atoms with E-state index in [1.165, 1.54) is 6.08 Å². The number of aliphatic carboxylic acids is 1. The summed E-state index contributed by atoms with van der Waals surface area (Å²) in [6, 6.07) is -1.01. The highest BCUT2D eigenvalue weighted by Gasteiger charge is 2.29. The molecule has 0 spiro atoms. The lowest BCUT2D eigenvalue weighted by Crippen LogP contribution is -2.98. The Bertz CT molecular complexity index is 372. The van der Waals surface area contributed by atoms with Gasteiger partial charge in [-0.05, 0) is 6.08 Å². The van der Waals surface area contributed by atoms with Crippen LogP contribution in [0, 0.1) is 5.92 Å². The maximum absolute atomic E-state index is 11.1. The Labute approximate surface area is 89.1 Å². The van der Waals surface area contributed by atoms with E-state index in [2.05, 4.69) is 0 Å². The number of nitrogens with two attached hydrogens (primary N) is 1. The van der Waals surface area contributed by atoms with Crippen molar-refractivity contribution in [1.82, 2.24) is 0 Å². The molecule has 0 amide bonds. The number of carbonyl (C=O) groups excluding carboxylic acids is 1. The second-order valence-electron chi connectivity index (χ2n) is 4.10. The molecule has 2 atom stereocenters. The van der Waals surface area contributed by atoms with Gasteiger partial charge in [0.1, 0.15) is 17.8 Å². The summed E-state index contributed by atoms with van der Waals surface area (Å²) in [5.41, 5.74) is 0. The summed E-state index contributed by atoms with van der Waals surface area (Å²) in [5, 5.41) is 13.5. The molecule has 0 aromatic carbocycles. The zero-order chi connectivity index (χ0) is 11.6. The molecule has 1 heterocycles. The Kier molecular flexibility index (Phi) is 3.51. The van der Waals surface area contributed by atoms with Gasteiger partial charge in [0.2, 0.25) is 0 Å². The minimum atomic E-state index is -3.12. The van der Waals surface area contributed by atoms with E-state index in [9.17, 15) is 18.3 Å². The highest BCUT2D eigenvalue weighted by molar-refractivity contribution is 7.94. The van der Waals surface area contributed by atoms with Crippen molar-refractivity contribution in [3.63, 3.8) is 0 Å². The summed E-state index contributed by atoms with van der Waals surface area (Å²) in [7, 11) is -3.12. The number of carbonyl (C=O) groups is 1. The quantitative estimate of drug-likeness (QED) is 0.588. The molecule has 0 unspecified atom stereocenters. The molecule has 0 saturated carbocycles. The smallest absolute Gasteiger partial charge is 0.177 e. The third-order valence-corrected chi connectivity index (χ3v) is 3.82. The van der Waals surface area contributed by atoms with Crippen LogP contribution in [0.3, 0.4) is 0 Å². The van der Waals surface area contributed by atoms with Gasteiger partial charge in [0.25, 0.3) is 0 Å². The Morgan fingerprint density at radius 3 is 2.47 bits per heavy atom. The van der Waals surface area contributed by atoms with Gasteiger partial charge in [0, 0.05) is 11.3 Å². The van der Waals surface area contributed by atoms with Gasteiger partial charge in [-0.15, -0.1) is 0 Å². The van der Waals surface area contributed by atoms with E-state index in [0.717, 1.165) is 5.41 Å². The average Bonchev–Trinajstić information content (AvgIpc) is 2.40. The summed E-state index contributed by atoms with van der Waals surface area (Å²) in [5.74, 6) is -1.27. The van der Waals surface area contributed by atoms with E-state index in [1.807, 2.05) is 0 Å². The zero-order valence-electron chi connectivity index (χ0n) is 8.71. The zero-order valence-corrected chi connectivity index (χ0v) is 9.53. The van der Waals surface area contributed by atoms with Gasteiger partial charge in [-0.25, -0.2) is 8.42 Å². The first-order valence-corrected chi connectivity index (χ1v) is 6.50. The van der Waals surface area contributed by atoms with Crippen molar-refractivity contribution in [3.05, 3.63) is 11.5 Å². The number of carboxylic acid groups (broad SMARTS) is 1. The second kappa shape index (κ2) is 4.32. The topological polar surface area (TPSA) is 90.9 Å². The van der Waals surface area contributed by atoms with Crippen LogP contribution in [0.1, 0.15) is 13.8 Å².